The van der Waals surface area contributed by atoms with Crippen LogP contribution in [0.4, 0.5) is 0 Å². The van der Waals surface area contributed by atoms with Crippen molar-refractivity contribution in [2.45, 2.75) is 106 Å². The summed E-state index contributed by atoms with van der Waals surface area (Å²) >= 11 is 0. The molecule has 4 nitrogen and oxygen atoms in total. The first kappa shape index (κ1) is 31.9. The molecule has 3 atom stereocenters. The first-order chi connectivity index (χ1) is 16.9. The molecule has 0 amide bonds. The van der Waals surface area contributed by atoms with Gasteiger partial charge in [0.05, 0.1) is 19.8 Å². The van der Waals surface area contributed by atoms with Gasteiger partial charge >= 0.3 is 11.9 Å². The van der Waals surface area contributed by atoms with Gasteiger partial charge in [-0.2, -0.15) is 0 Å². The Bertz CT molecular complexity index is 846. The van der Waals surface area contributed by atoms with E-state index in [0.717, 1.165) is 51.4 Å². The lowest BCUT2D eigenvalue weighted by Gasteiger charge is -2.44. The Balaban J connectivity index is 3.09. The third-order valence-electron chi connectivity index (χ3n) is 7.74. The van der Waals surface area contributed by atoms with Gasteiger partial charge in [0.25, 0.3) is 0 Å². The molecule has 0 aromatic heterocycles. The van der Waals surface area contributed by atoms with E-state index in [-0.39, 0.29) is 11.3 Å². The maximum Gasteiger partial charge on any atom is 0.334 e. The molecule has 1 rings (SSSR count). The van der Waals surface area contributed by atoms with E-state index in [1.54, 1.807) is 0 Å². The molecule has 204 valence electrons. The fourth-order valence-electron chi connectivity index (χ4n) is 5.90. The van der Waals surface area contributed by atoms with Crippen LogP contribution in [0.25, 0.3) is 0 Å². The number of hydrogen-bond donors (Lipinski definition) is 0. The van der Waals surface area contributed by atoms with Crippen molar-refractivity contribution in [3.8, 4) is 0 Å². The van der Waals surface area contributed by atoms with E-state index in [4.69, 9.17) is 9.47 Å². The van der Waals surface area contributed by atoms with E-state index in [1.165, 1.54) is 30.9 Å². The van der Waals surface area contributed by atoms with Gasteiger partial charge < -0.3 is 9.47 Å². The molecule has 0 aromatic carbocycles. The largest absolute Gasteiger partial charge is 0.466 e. The second kappa shape index (κ2) is 15.2. The number of ether oxygens (including phenoxy) is 2. The lowest BCUT2D eigenvalue weighted by atomic mass is 9.61. The summed E-state index contributed by atoms with van der Waals surface area (Å²) in [4.78, 5) is 25.6. The molecule has 0 saturated heterocycles. The summed E-state index contributed by atoms with van der Waals surface area (Å²) in [5.74, 6) is -0.101. The molecule has 3 unspecified atom stereocenters. The van der Waals surface area contributed by atoms with Gasteiger partial charge in [-0.3, -0.25) is 0 Å². The van der Waals surface area contributed by atoms with E-state index in [9.17, 15) is 9.59 Å². The minimum atomic E-state index is -0.407. The maximum atomic E-state index is 13.0. The highest BCUT2D eigenvalue weighted by molar-refractivity contribution is 6.01. The van der Waals surface area contributed by atoms with Crippen molar-refractivity contribution in [3.63, 3.8) is 0 Å². The SMILES string of the molecule is C=C(CC/C=C(\C)CCC=C(C)C)CCC1C(C(=O)OC)=C(C(=O)OC)CCC1C(CC)C(C)(C)C. The van der Waals surface area contributed by atoms with E-state index < -0.39 is 11.9 Å². The lowest BCUT2D eigenvalue weighted by molar-refractivity contribution is -0.141. The summed E-state index contributed by atoms with van der Waals surface area (Å²) in [6.45, 7) is 19.9. The molecule has 0 aliphatic heterocycles. The number of hydrogen-bond acceptors (Lipinski definition) is 4. The summed E-state index contributed by atoms with van der Waals surface area (Å²) in [5.41, 5.74) is 5.11. The zero-order chi connectivity index (χ0) is 27.5. The number of carbonyl (C=O) groups is 2. The summed E-state index contributed by atoms with van der Waals surface area (Å²) in [6, 6.07) is 0. The highest BCUT2D eigenvalue weighted by Gasteiger charge is 2.43. The Morgan fingerprint density at radius 3 is 2.14 bits per heavy atom. The minimum Gasteiger partial charge on any atom is -0.466 e. The van der Waals surface area contributed by atoms with Crippen molar-refractivity contribution >= 4 is 11.9 Å². The van der Waals surface area contributed by atoms with Gasteiger partial charge in [-0.1, -0.05) is 69.6 Å². The standard InChI is InChI=1S/C32H52O4/c1-11-28(32(6,7)8)25-20-21-27(30(33)35-9)29(31(34)36-10)26(25)19-18-24(5)17-13-16-23(4)15-12-14-22(2)3/h14,16,25-26,28H,5,11-13,15,17-21H2,1-4,6-10H3/b23-16+. The Kier molecular flexibility index (Phi) is 13.5. The molecular formula is C32H52O4. The topological polar surface area (TPSA) is 52.6 Å². The monoisotopic (exact) mass is 500 g/mol. The van der Waals surface area contributed by atoms with Crippen molar-refractivity contribution in [3.05, 3.63) is 46.6 Å². The van der Waals surface area contributed by atoms with Crippen LogP contribution in [0.2, 0.25) is 0 Å². The van der Waals surface area contributed by atoms with Crippen LogP contribution >= 0.6 is 0 Å². The van der Waals surface area contributed by atoms with Gasteiger partial charge in [-0.15, -0.1) is 0 Å². The number of methoxy groups -OCH3 is 2. The molecule has 0 fully saturated rings. The molecule has 36 heavy (non-hydrogen) atoms. The Labute approximate surface area is 221 Å². The van der Waals surface area contributed by atoms with Crippen LogP contribution in [0.15, 0.2) is 46.6 Å². The molecule has 0 saturated carbocycles. The molecule has 1 aliphatic carbocycles. The van der Waals surface area contributed by atoms with Crippen molar-refractivity contribution in [2.24, 2.45) is 23.2 Å². The second-order valence-corrected chi connectivity index (χ2v) is 11.8. The molecule has 0 spiro atoms. The summed E-state index contributed by atoms with van der Waals surface area (Å²) < 4.78 is 10.3. The zero-order valence-corrected chi connectivity index (χ0v) is 24.6. The number of carbonyl (C=O) groups excluding carboxylic acids is 2. The van der Waals surface area contributed by atoms with Gasteiger partial charge in [0, 0.05) is 5.57 Å². The van der Waals surface area contributed by atoms with Gasteiger partial charge in [0.2, 0.25) is 0 Å². The number of allylic oxidation sites excluding steroid dienone is 5. The van der Waals surface area contributed by atoms with E-state index in [1.807, 2.05) is 0 Å². The summed E-state index contributed by atoms with van der Waals surface area (Å²) in [7, 11) is 2.78. The summed E-state index contributed by atoms with van der Waals surface area (Å²) in [5, 5.41) is 0. The highest BCUT2D eigenvalue weighted by Crippen LogP contribution is 2.48. The van der Waals surface area contributed by atoms with E-state index >= 15 is 0 Å². The van der Waals surface area contributed by atoms with Crippen LogP contribution in [0.5, 0.6) is 0 Å². The van der Waals surface area contributed by atoms with Crippen LogP contribution in [-0.2, 0) is 19.1 Å². The predicted octanol–water partition coefficient (Wildman–Crippen LogP) is 8.54. The molecule has 0 aromatic rings. The fourth-order valence-corrected chi connectivity index (χ4v) is 5.90. The average Bonchev–Trinajstić information content (AvgIpc) is 2.81. The second-order valence-electron chi connectivity index (χ2n) is 11.8. The van der Waals surface area contributed by atoms with Gasteiger partial charge in [0.15, 0.2) is 0 Å². The predicted molar refractivity (Wildman–Crippen MR) is 151 cm³/mol. The van der Waals surface area contributed by atoms with E-state index in [0.29, 0.717) is 29.4 Å². The molecule has 0 radical (unpaired) electrons. The smallest absolute Gasteiger partial charge is 0.334 e. The summed E-state index contributed by atoms with van der Waals surface area (Å²) in [6.07, 6.45) is 12.8. The van der Waals surface area contributed by atoms with Crippen LogP contribution in [0.3, 0.4) is 0 Å². The maximum absolute atomic E-state index is 13.0. The van der Waals surface area contributed by atoms with Crippen LogP contribution in [-0.4, -0.2) is 26.2 Å². The minimum absolute atomic E-state index is 0.0393. The van der Waals surface area contributed by atoms with Crippen molar-refractivity contribution in [1.29, 1.82) is 0 Å². The quantitative estimate of drug-likeness (QED) is 0.188. The first-order valence-corrected chi connectivity index (χ1v) is 13.7. The average molecular weight is 501 g/mol. The zero-order valence-electron chi connectivity index (χ0n) is 24.6. The number of esters is 2. The Hall–Kier alpha value is -2.10. The van der Waals surface area contributed by atoms with Crippen molar-refractivity contribution < 1.29 is 19.1 Å². The Morgan fingerprint density at radius 1 is 1.00 bits per heavy atom. The normalized spacial score (nSPS) is 19.5. The van der Waals surface area contributed by atoms with Crippen LogP contribution in [0, 0.1) is 23.2 Å². The molecule has 0 heterocycles. The van der Waals surface area contributed by atoms with Gasteiger partial charge in [0.1, 0.15) is 0 Å². The molecular weight excluding hydrogens is 448 g/mol. The van der Waals surface area contributed by atoms with Crippen molar-refractivity contribution in [1.82, 2.24) is 0 Å². The van der Waals surface area contributed by atoms with Crippen LogP contribution < -0.4 is 0 Å². The molecule has 0 bridgehead atoms. The number of rotatable bonds is 13. The van der Waals surface area contributed by atoms with E-state index in [2.05, 4.69) is 67.2 Å². The highest BCUT2D eigenvalue weighted by atomic mass is 16.5. The third kappa shape index (κ3) is 9.75. The first-order valence-electron chi connectivity index (χ1n) is 13.7. The van der Waals surface area contributed by atoms with Crippen LogP contribution in [0.1, 0.15) is 106 Å². The molecule has 1 aliphatic rings. The fraction of sp³-hybridized carbons (Fsp3) is 0.688. The third-order valence-corrected chi connectivity index (χ3v) is 7.74. The van der Waals surface area contributed by atoms with Gasteiger partial charge in [-0.05, 0) is 95.3 Å². The van der Waals surface area contributed by atoms with Gasteiger partial charge in [-0.25, -0.2) is 9.59 Å². The molecule has 4 heteroatoms. The van der Waals surface area contributed by atoms with Crippen molar-refractivity contribution in [2.75, 3.05) is 14.2 Å². The Morgan fingerprint density at radius 2 is 1.61 bits per heavy atom. The lowest BCUT2D eigenvalue weighted by Crippen LogP contribution is -2.38. The molecule has 0 N–H and O–H groups in total.